The van der Waals surface area contributed by atoms with Crippen molar-refractivity contribution in [2.75, 3.05) is 0 Å². The molecule has 0 heterocycles. The lowest BCUT2D eigenvalue weighted by atomic mass is 9.76. The van der Waals surface area contributed by atoms with Crippen molar-refractivity contribution in [3.05, 3.63) is 71.8 Å². The fourth-order valence-electron chi connectivity index (χ4n) is 4.22. The van der Waals surface area contributed by atoms with Crippen LogP contribution in [0.25, 0.3) is 21.5 Å². The lowest BCUT2D eigenvalue weighted by Crippen LogP contribution is -2.25. The van der Waals surface area contributed by atoms with Crippen LogP contribution in [0.4, 0.5) is 0 Å². The van der Waals surface area contributed by atoms with E-state index in [1.807, 2.05) is 30.3 Å². The van der Waals surface area contributed by atoms with Crippen molar-refractivity contribution in [3.8, 4) is 0 Å². The molecule has 0 N–H and O–H groups in total. The van der Waals surface area contributed by atoms with Gasteiger partial charge in [-0.25, -0.2) is 0 Å². The van der Waals surface area contributed by atoms with Crippen molar-refractivity contribution in [2.24, 2.45) is 5.41 Å². The summed E-state index contributed by atoms with van der Waals surface area (Å²) in [5.41, 5.74) is 1.62. The summed E-state index contributed by atoms with van der Waals surface area (Å²) in [6, 6.07) is 18.7. The van der Waals surface area contributed by atoms with E-state index in [1.165, 1.54) is 0 Å². The summed E-state index contributed by atoms with van der Waals surface area (Å²) in [4.78, 5) is 25.8. The van der Waals surface area contributed by atoms with Crippen molar-refractivity contribution < 1.29 is 9.59 Å². The van der Waals surface area contributed by atoms with E-state index >= 15 is 0 Å². The fourth-order valence-corrected chi connectivity index (χ4v) is 4.22. The highest BCUT2D eigenvalue weighted by molar-refractivity contribution is 6.22. The van der Waals surface area contributed by atoms with Crippen molar-refractivity contribution in [3.63, 3.8) is 0 Å². The molecule has 1 aliphatic rings. The van der Waals surface area contributed by atoms with E-state index in [-0.39, 0.29) is 22.9 Å². The van der Waals surface area contributed by atoms with E-state index in [0.29, 0.717) is 18.4 Å². The van der Waals surface area contributed by atoms with Crippen LogP contribution in [0.5, 0.6) is 0 Å². The van der Waals surface area contributed by atoms with Gasteiger partial charge in [-0.2, -0.15) is 0 Å². The maximum absolute atomic E-state index is 12.9. The zero-order chi connectivity index (χ0) is 19.9. The van der Waals surface area contributed by atoms with Crippen LogP contribution in [0.2, 0.25) is 0 Å². The van der Waals surface area contributed by atoms with Gasteiger partial charge in [0.1, 0.15) is 0 Å². The van der Waals surface area contributed by atoms with Crippen LogP contribution < -0.4 is 0 Å². The first-order valence-electron chi connectivity index (χ1n) is 10.0. The first kappa shape index (κ1) is 18.6. The van der Waals surface area contributed by atoms with Gasteiger partial charge < -0.3 is 0 Å². The minimum Gasteiger partial charge on any atom is -0.294 e. The van der Waals surface area contributed by atoms with Gasteiger partial charge in [0.25, 0.3) is 0 Å². The van der Waals surface area contributed by atoms with Crippen molar-refractivity contribution in [1.29, 1.82) is 0 Å². The molecule has 142 valence electrons. The van der Waals surface area contributed by atoms with E-state index in [1.54, 1.807) is 0 Å². The van der Waals surface area contributed by atoms with Gasteiger partial charge >= 0.3 is 0 Å². The molecule has 3 aromatic carbocycles. The Labute approximate surface area is 166 Å². The molecule has 0 spiro atoms. The maximum Gasteiger partial charge on any atom is 0.166 e. The van der Waals surface area contributed by atoms with Crippen LogP contribution in [-0.4, -0.2) is 11.6 Å². The van der Waals surface area contributed by atoms with E-state index in [9.17, 15) is 9.59 Å². The van der Waals surface area contributed by atoms with Gasteiger partial charge in [-0.3, -0.25) is 9.59 Å². The standard InChI is InChI=1S/C26H26O2/c1-26(2,3)13-12-22-23(27)15-19(16-24(22)28)25-20-10-6-4-8-17(20)14-18-9-5-7-11-21(18)25/h4-12,14,19H,13,15-16H2,1-3H3. The predicted molar refractivity (Wildman–Crippen MR) is 116 cm³/mol. The van der Waals surface area contributed by atoms with E-state index in [0.717, 1.165) is 33.5 Å². The number of hydrogen-bond donors (Lipinski definition) is 0. The smallest absolute Gasteiger partial charge is 0.166 e. The SMILES string of the molecule is CC(C)(C)CC=C1C(=O)CC(c2c3ccccc3cc3ccccc23)CC1=O. The Bertz CT molecular complexity index is 1040. The average molecular weight is 370 g/mol. The number of carbonyl (C=O) groups is 2. The molecule has 0 saturated heterocycles. The second kappa shape index (κ2) is 7.01. The molecule has 0 amide bonds. The molecule has 28 heavy (non-hydrogen) atoms. The van der Waals surface area contributed by atoms with E-state index in [2.05, 4.69) is 51.1 Å². The third-order valence-electron chi connectivity index (χ3n) is 5.60. The number of Topliss-reactive ketones (excluding diaryl/α,β-unsaturated/α-hetero) is 2. The third-order valence-corrected chi connectivity index (χ3v) is 5.60. The number of fused-ring (bicyclic) bond motifs is 2. The number of carbonyl (C=O) groups excluding carboxylic acids is 2. The molecular weight excluding hydrogens is 344 g/mol. The monoisotopic (exact) mass is 370 g/mol. The first-order valence-corrected chi connectivity index (χ1v) is 10.0. The Morgan fingerprint density at radius 2 is 1.36 bits per heavy atom. The Hall–Kier alpha value is -2.74. The van der Waals surface area contributed by atoms with Crippen LogP contribution in [0.1, 0.15) is 51.5 Å². The van der Waals surface area contributed by atoms with E-state index in [4.69, 9.17) is 0 Å². The molecule has 1 saturated carbocycles. The Kier molecular flexibility index (Phi) is 4.66. The molecule has 0 radical (unpaired) electrons. The summed E-state index contributed by atoms with van der Waals surface area (Å²) in [7, 11) is 0. The molecule has 0 unspecified atom stereocenters. The largest absolute Gasteiger partial charge is 0.294 e. The van der Waals surface area contributed by atoms with Crippen LogP contribution in [-0.2, 0) is 9.59 Å². The molecular formula is C26H26O2. The summed E-state index contributed by atoms with van der Waals surface area (Å²) in [5.74, 6) is -0.0900. The molecule has 0 aromatic heterocycles. The molecule has 3 aromatic rings. The quantitative estimate of drug-likeness (QED) is 0.298. The Morgan fingerprint density at radius 1 is 0.857 bits per heavy atom. The second-order valence-corrected chi connectivity index (χ2v) is 9.07. The molecule has 0 bridgehead atoms. The van der Waals surface area contributed by atoms with Gasteiger partial charge in [0.05, 0.1) is 5.57 Å². The van der Waals surface area contributed by atoms with Crippen molar-refractivity contribution in [2.45, 2.75) is 46.0 Å². The Morgan fingerprint density at radius 3 is 1.86 bits per heavy atom. The lowest BCUT2D eigenvalue weighted by molar-refractivity contribution is -0.124. The summed E-state index contributed by atoms with van der Waals surface area (Å²) in [6.45, 7) is 6.35. The highest BCUT2D eigenvalue weighted by Crippen LogP contribution is 2.40. The maximum atomic E-state index is 12.9. The predicted octanol–water partition coefficient (Wildman–Crippen LogP) is 6.37. The average Bonchev–Trinajstić information content (AvgIpc) is 2.64. The number of hydrogen-bond acceptors (Lipinski definition) is 2. The van der Waals surface area contributed by atoms with Gasteiger partial charge in [-0.1, -0.05) is 75.4 Å². The number of ketones is 2. The van der Waals surface area contributed by atoms with Gasteiger partial charge in [0, 0.05) is 12.8 Å². The minimum absolute atomic E-state index is 0.0116. The summed E-state index contributed by atoms with van der Waals surface area (Å²) >= 11 is 0. The molecule has 0 aliphatic heterocycles. The molecule has 2 heteroatoms. The van der Waals surface area contributed by atoms with Gasteiger partial charge in [-0.15, -0.1) is 0 Å². The number of allylic oxidation sites excluding steroid dienone is 2. The summed E-state index contributed by atoms with van der Waals surface area (Å²) < 4.78 is 0. The van der Waals surface area contributed by atoms with E-state index < -0.39 is 0 Å². The normalized spacial score (nSPS) is 18.1. The van der Waals surface area contributed by atoms with Gasteiger partial charge in [0.15, 0.2) is 11.6 Å². The lowest BCUT2D eigenvalue weighted by Gasteiger charge is -2.26. The number of benzene rings is 3. The van der Waals surface area contributed by atoms with Gasteiger partial charge in [-0.05, 0) is 50.9 Å². The first-order chi connectivity index (χ1) is 13.3. The third kappa shape index (κ3) is 3.52. The van der Waals surface area contributed by atoms with Crippen LogP contribution in [0.3, 0.4) is 0 Å². The van der Waals surface area contributed by atoms with Crippen molar-refractivity contribution >= 4 is 33.1 Å². The van der Waals surface area contributed by atoms with Crippen LogP contribution in [0, 0.1) is 5.41 Å². The highest BCUT2D eigenvalue weighted by Gasteiger charge is 2.33. The fraction of sp³-hybridized carbons (Fsp3) is 0.308. The molecule has 1 aliphatic carbocycles. The molecule has 2 nitrogen and oxygen atoms in total. The summed E-state index contributed by atoms with van der Waals surface area (Å²) in [5, 5.41) is 4.61. The second-order valence-electron chi connectivity index (χ2n) is 9.07. The summed E-state index contributed by atoms with van der Waals surface area (Å²) in [6.07, 6.45) is 3.41. The molecule has 4 rings (SSSR count). The van der Waals surface area contributed by atoms with Crippen LogP contribution in [0.15, 0.2) is 66.2 Å². The van der Waals surface area contributed by atoms with Gasteiger partial charge in [0.2, 0.25) is 0 Å². The Balaban J connectivity index is 1.79. The van der Waals surface area contributed by atoms with Crippen molar-refractivity contribution in [1.82, 2.24) is 0 Å². The zero-order valence-electron chi connectivity index (χ0n) is 16.8. The van der Waals surface area contributed by atoms with Crippen LogP contribution >= 0.6 is 0 Å². The molecule has 1 fully saturated rings. The number of rotatable bonds is 2. The molecule has 0 atom stereocenters. The minimum atomic E-state index is -0.0669. The highest BCUT2D eigenvalue weighted by atomic mass is 16.1. The zero-order valence-corrected chi connectivity index (χ0v) is 16.8. The topological polar surface area (TPSA) is 34.1 Å².